The number of oxazole rings is 1. The summed E-state index contributed by atoms with van der Waals surface area (Å²) in [5, 5.41) is 0. The zero-order chi connectivity index (χ0) is 13.7. The van der Waals surface area contributed by atoms with Crippen LogP contribution in [-0.4, -0.2) is 10.4 Å². The van der Waals surface area contributed by atoms with Crippen LogP contribution in [0.1, 0.15) is 25.2 Å². The molecule has 19 heavy (non-hydrogen) atoms. The van der Waals surface area contributed by atoms with Crippen molar-refractivity contribution in [1.82, 2.24) is 4.98 Å². The molecule has 2 rings (SSSR count). The number of hydrogen-bond donors (Lipinski definition) is 1. The first kappa shape index (κ1) is 13.8. The van der Waals surface area contributed by atoms with Gasteiger partial charge in [0.25, 0.3) is 0 Å². The smallest absolute Gasteiger partial charge is 0.416 e. The van der Waals surface area contributed by atoms with Crippen molar-refractivity contribution >= 4 is 11.8 Å². The first-order chi connectivity index (χ1) is 9.17. The molecule has 102 valence electrons. The number of aromatic amines is 1. The van der Waals surface area contributed by atoms with Crippen molar-refractivity contribution in [2.45, 2.75) is 31.5 Å². The third kappa shape index (κ3) is 4.21. The lowest BCUT2D eigenvalue weighted by Crippen LogP contribution is -2.07. The lowest BCUT2D eigenvalue weighted by molar-refractivity contribution is 0.307. The Morgan fingerprint density at radius 2 is 2.32 bits per heavy atom. The first-order valence-electron chi connectivity index (χ1n) is 6.22. The largest absolute Gasteiger partial charge is 0.480 e. The van der Waals surface area contributed by atoms with E-state index in [1.165, 1.54) is 5.56 Å². The van der Waals surface area contributed by atoms with E-state index in [0.29, 0.717) is 11.5 Å². The number of thioether (sulfide) groups is 1. The lowest BCUT2D eigenvalue weighted by Gasteiger charge is -2.14. The predicted octanol–water partition coefficient (Wildman–Crippen LogP) is 3.19. The summed E-state index contributed by atoms with van der Waals surface area (Å²) in [4.78, 5) is 13.3. The van der Waals surface area contributed by atoms with Gasteiger partial charge in [0.2, 0.25) is 0 Å². The van der Waals surface area contributed by atoms with Crippen molar-refractivity contribution < 1.29 is 9.15 Å². The zero-order valence-corrected chi connectivity index (χ0v) is 11.8. The van der Waals surface area contributed by atoms with Crippen molar-refractivity contribution in [2.24, 2.45) is 0 Å². The van der Waals surface area contributed by atoms with E-state index in [1.54, 1.807) is 18.0 Å². The number of aryl methyl sites for hydroxylation is 1. The summed E-state index contributed by atoms with van der Waals surface area (Å²) in [7, 11) is 0. The molecule has 5 heteroatoms. The third-order valence-electron chi connectivity index (χ3n) is 2.64. The molecule has 4 nitrogen and oxygen atoms in total. The second-order valence-corrected chi connectivity index (χ2v) is 5.43. The number of hydrogen-bond acceptors (Lipinski definition) is 4. The molecular weight excluding hydrogens is 262 g/mol. The van der Waals surface area contributed by atoms with Crippen molar-refractivity contribution in [3.63, 3.8) is 0 Å². The Hall–Kier alpha value is -1.62. The Bertz CT molecular complexity index is 576. The van der Waals surface area contributed by atoms with Crippen molar-refractivity contribution in [2.75, 3.05) is 0 Å². The maximum Gasteiger partial charge on any atom is 0.416 e. The van der Waals surface area contributed by atoms with E-state index in [2.05, 4.69) is 18.0 Å². The van der Waals surface area contributed by atoms with E-state index in [-0.39, 0.29) is 5.44 Å². The highest BCUT2D eigenvalue weighted by atomic mass is 32.2. The van der Waals surface area contributed by atoms with Gasteiger partial charge in [-0.2, -0.15) is 0 Å². The number of aromatic nitrogens is 1. The zero-order valence-electron chi connectivity index (χ0n) is 11.0. The molecule has 1 aromatic carbocycles. The van der Waals surface area contributed by atoms with Crippen molar-refractivity contribution in [3.8, 4) is 5.75 Å². The summed E-state index contributed by atoms with van der Waals surface area (Å²) >= 11 is 1.58. The molecule has 0 saturated carbocycles. The fraction of sp³-hybridized carbons (Fsp3) is 0.357. The molecule has 0 fully saturated rings. The number of ether oxygens (including phenoxy) is 1. The Balaban J connectivity index is 1.86. The Morgan fingerprint density at radius 3 is 3.00 bits per heavy atom. The van der Waals surface area contributed by atoms with Gasteiger partial charge in [-0.3, -0.25) is 4.98 Å². The van der Waals surface area contributed by atoms with Crippen molar-refractivity contribution in [1.29, 1.82) is 0 Å². The molecule has 0 aliphatic heterocycles. The summed E-state index contributed by atoms with van der Waals surface area (Å²) in [6.45, 7) is 4.10. The number of rotatable bonds is 6. The Labute approximate surface area is 116 Å². The minimum atomic E-state index is -0.417. The molecule has 0 aliphatic rings. The first-order valence-corrected chi connectivity index (χ1v) is 7.27. The van der Waals surface area contributed by atoms with Crippen LogP contribution in [0.3, 0.4) is 0 Å². The minimum absolute atomic E-state index is 0.00712. The van der Waals surface area contributed by atoms with E-state index >= 15 is 0 Å². The second kappa shape index (κ2) is 6.52. The molecule has 0 saturated heterocycles. The number of H-pyrrole nitrogens is 1. The van der Waals surface area contributed by atoms with Gasteiger partial charge in [-0.1, -0.05) is 19.1 Å². The summed E-state index contributed by atoms with van der Waals surface area (Å²) in [6.07, 6.45) is 2.58. The van der Waals surface area contributed by atoms with Crippen LogP contribution in [0.15, 0.2) is 39.7 Å². The van der Waals surface area contributed by atoms with E-state index in [1.807, 2.05) is 25.1 Å². The molecule has 2 aromatic rings. The van der Waals surface area contributed by atoms with Gasteiger partial charge in [0.05, 0.1) is 5.75 Å². The Morgan fingerprint density at radius 1 is 1.47 bits per heavy atom. The minimum Gasteiger partial charge on any atom is -0.480 e. The monoisotopic (exact) mass is 279 g/mol. The van der Waals surface area contributed by atoms with E-state index in [0.717, 1.165) is 12.2 Å². The van der Waals surface area contributed by atoms with E-state index in [4.69, 9.17) is 9.15 Å². The van der Waals surface area contributed by atoms with Crippen LogP contribution in [0, 0.1) is 0 Å². The van der Waals surface area contributed by atoms with Gasteiger partial charge in [-0.25, -0.2) is 4.79 Å². The standard InChI is InChI=1S/C14H17NO3S/c1-3-11-5-4-6-12(7-11)17-10(2)19-9-13-8-15-14(16)18-13/h4-8,10H,3,9H2,1-2H3,(H,15,16). The highest BCUT2D eigenvalue weighted by Gasteiger charge is 2.07. The van der Waals surface area contributed by atoms with Gasteiger partial charge in [-0.05, 0) is 31.0 Å². The van der Waals surface area contributed by atoms with Gasteiger partial charge in [0.1, 0.15) is 16.9 Å². The molecule has 1 heterocycles. The molecule has 1 atom stereocenters. The summed E-state index contributed by atoms with van der Waals surface area (Å²) in [6, 6.07) is 8.08. The van der Waals surface area contributed by atoms with E-state index < -0.39 is 5.76 Å². The van der Waals surface area contributed by atoms with Crippen LogP contribution in [0.5, 0.6) is 5.75 Å². The topological polar surface area (TPSA) is 55.2 Å². The highest BCUT2D eigenvalue weighted by Crippen LogP contribution is 2.22. The fourth-order valence-electron chi connectivity index (χ4n) is 1.65. The average molecular weight is 279 g/mol. The molecular formula is C14H17NO3S. The van der Waals surface area contributed by atoms with Crippen LogP contribution in [0.4, 0.5) is 0 Å². The van der Waals surface area contributed by atoms with Crippen LogP contribution in [0.25, 0.3) is 0 Å². The van der Waals surface area contributed by atoms with Crippen LogP contribution in [0.2, 0.25) is 0 Å². The quantitative estimate of drug-likeness (QED) is 0.825. The van der Waals surface area contributed by atoms with Crippen LogP contribution < -0.4 is 10.5 Å². The van der Waals surface area contributed by atoms with E-state index in [9.17, 15) is 4.79 Å². The van der Waals surface area contributed by atoms with Gasteiger partial charge in [0, 0.05) is 6.20 Å². The molecule has 0 bridgehead atoms. The molecule has 0 aliphatic carbocycles. The molecule has 0 radical (unpaired) electrons. The lowest BCUT2D eigenvalue weighted by atomic mass is 10.2. The van der Waals surface area contributed by atoms with Gasteiger partial charge in [0.15, 0.2) is 0 Å². The average Bonchev–Trinajstić information content (AvgIpc) is 2.82. The maximum absolute atomic E-state index is 10.8. The SMILES string of the molecule is CCc1cccc(OC(C)SCc2c[nH]c(=O)o2)c1. The number of benzene rings is 1. The predicted molar refractivity (Wildman–Crippen MR) is 76.5 cm³/mol. The van der Waals surface area contributed by atoms with Gasteiger partial charge >= 0.3 is 5.76 Å². The summed E-state index contributed by atoms with van der Waals surface area (Å²) in [5.74, 6) is 1.69. The molecule has 0 amide bonds. The third-order valence-corrected chi connectivity index (χ3v) is 3.66. The molecule has 1 N–H and O–H groups in total. The number of nitrogens with one attached hydrogen (secondary N) is 1. The van der Waals surface area contributed by atoms with Gasteiger partial charge < -0.3 is 9.15 Å². The van der Waals surface area contributed by atoms with Crippen LogP contribution >= 0.6 is 11.8 Å². The van der Waals surface area contributed by atoms with Crippen LogP contribution in [-0.2, 0) is 12.2 Å². The van der Waals surface area contributed by atoms with Crippen molar-refractivity contribution in [3.05, 3.63) is 52.3 Å². The normalized spacial score (nSPS) is 12.3. The molecule has 0 spiro atoms. The fourth-order valence-corrected chi connectivity index (χ4v) is 2.37. The second-order valence-electron chi connectivity index (χ2n) is 4.14. The summed E-state index contributed by atoms with van der Waals surface area (Å²) < 4.78 is 10.8. The summed E-state index contributed by atoms with van der Waals surface area (Å²) in [5.41, 5.74) is 1.25. The Kier molecular flexibility index (Phi) is 4.74. The highest BCUT2D eigenvalue weighted by molar-refractivity contribution is 7.98. The molecule has 1 aromatic heterocycles. The molecule has 1 unspecified atom stereocenters. The van der Waals surface area contributed by atoms with Gasteiger partial charge in [-0.15, -0.1) is 11.8 Å². The maximum atomic E-state index is 10.8.